The average Bonchev–Trinajstić information content (AvgIpc) is 1.88. The van der Waals surface area contributed by atoms with Crippen molar-refractivity contribution < 1.29 is 14.6 Å². The molecule has 0 amide bonds. The fourth-order valence-electron chi connectivity index (χ4n) is 0.328. The number of carbonyl (C=O) groups is 1. The Labute approximate surface area is 65.0 Å². The van der Waals surface area contributed by atoms with Gasteiger partial charge in [0.1, 0.15) is 6.10 Å². The minimum atomic E-state index is -1.04. The highest BCUT2D eigenvalue weighted by Gasteiger charge is 2.08. The van der Waals surface area contributed by atoms with E-state index in [9.17, 15) is 4.79 Å². The molecule has 10 heavy (non-hydrogen) atoms. The molecule has 0 rings (SSSR count). The van der Waals surface area contributed by atoms with Crippen LogP contribution in [-0.4, -0.2) is 29.2 Å². The highest BCUT2D eigenvalue weighted by atomic mass is 32.1. The van der Waals surface area contributed by atoms with Crippen molar-refractivity contribution in [3.63, 3.8) is 0 Å². The lowest BCUT2D eigenvalue weighted by Crippen LogP contribution is -2.19. The van der Waals surface area contributed by atoms with Gasteiger partial charge >= 0.3 is 5.97 Å². The molecule has 0 radical (unpaired) electrons. The highest BCUT2D eigenvalue weighted by Crippen LogP contribution is 1.87. The van der Waals surface area contributed by atoms with Gasteiger partial charge in [0.2, 0.25) is 0 Å². The van der Waals surface area contributed by atoms with Crippen molar-refractivity contribution in [3.8, 4) is 0 Å². The molecule has 0 aromatic carbocycles. The quantitative estimate of drug-likeness (QED) is 0.367. The van der Waals surface area contributed by atoms with Crippen LogP contribution in [0.3, 0.4) is 0 Å². The van der Waals surface area contributed by atoms with E-state index in [1.807, 2.05) is 0 Å². The van der Waals surface area contributed by atoms with Crippen LogP contribution in [0.15, 0.2) is 0 Å². The van der Waals surface area contributed by atoms with E-state index in [1.165, 1.54) is 12.3 Å². The molecule has 1 N–H and O–H groups in total. The largest absolute Gasteiger partial charge is 0.463 e. The Morgan fingerprint density at radius 3 is 2.90 bits per heavy atom. The van der Waals surface area contributed by atoms with Crippen molar-refractivity contribution in [1.29, 1.82) is 0 Å². The van der Waals surface area contributed by atoms with E-state index in [-0.39, 0.29) is 6.61 Å². The van der Waals surface area contributed by atoms with Gasteiger partial charge in [0, 0.05) is 6.42 Å². The third kappa shape index (κ3) is 4.40. The zero-order valence-electron chi connectivity index (χ0n) is 5.74. The maximum Gasteiger partial charge on any atom is 0.334 e. The van der Waals surface area contributed by atoms with E-state index in [0.29, 0.717) is 6.42 Å². The van der Waals surface area contributed by atoms with Crippen molar-refractivity contribution in [1.82, 2.24) is 0 Å². The first-order valence-electron chi connectivity index (χ1n) is 2.97. The molecule has 0 aliphatic rings. The first kappa shape index (κ1) is 9.52. The molecular weight excluding hydrogens is 152 g/mol. The predicted octanol–water partition coefficient (Wildman–Crippen LogP) is 0.300. The average molecular weight is 162 g/mol. The van der Waals surface area contributed by atoms with E-state index in [0.717, 1.165) is 0 Å². The maximum atomic E-state index is 10.5. The second-order valence-electron chi connectivity index (χ2n) is 1.80. The van der Waals surface area contributed by atoms with Gasteiger partial charge in [-0.05, 0) is 12.3 Å². The monoisotopic (exact) mass is 162 g/mol. The van der Waals surface area contributed by atoms with Crippen LogP contribution < -0.4 is 0 Å². The lowest BCUT2D eigenvalue weighted by molar-refractivity contribution is -0.152. The molecule has 3 nitrogen and oxygen atoms in total. The molecule has 0 saturated heterocycles. The summed E-state index contributed by atoms with van der Waals surface area (Å²) in [4.78, 5) is 10.5. The molecule has 1 atom stereocenters. The van der Waals surface area contributed by atoms with Gasteiger partial charge in [-0.3, -0.25) is 0 Å². The third-order valence-electron chi connectivity index (χ3n) is 0.821. The number of hydrogen-bond acceptors (Lipinski definition) is 4. The fraction of sp³-hybridized carbons (Fsp3) is 0.667. The lowest BCUT2D eigenvalue weighted by Gasteiger charge is -2.03. The molecule has 0 aliphatic heterocycles. The number of esters is 1. The van der Waals surface area contributed by atoms with Crippen LogP contribution in [0.25, 0.3) is 0 Å². The van der Waals surface area contributed by atoms with E-state index >= 15 is 0 Å². The summed E-state index contributed by atoms with van der Waals surface area (Å²) in [5.74, 6) is -0.600. The van der Waals surface area contributed by atoms with Gasteiger partial charge in [0.25, 0.3) is 0 Å². The van der Waals surface area contributed by atoms with E-state index in [2.05, 4.69) is 17.0 Å². The molecule has 0 heterocycles. The first-order valence-corrected chi connectivity index (χ1v) is 3.44. The molecule has 58 valence electrons. The molecule has 0 spiro atoms. The first-order chi connectivity index (χ1) is 4.68. The van der Waals surface area contributed by atoms with Gasteiger partial charge in [-0.2, -0.15) is 0 Å². The molecule has 1 unspecified atom stereocenters. The van der Waals surface area contributed by atoms with Crippen molar-refractivity contribution >= 4 is 23.6 Å². The molecule has 0 aromatic rings. The normalized spacial score (nSPS) is 12.2. The van der Waals surface area contributed by atoms with E-state index in [1.54, 1.807) is 0 Å². The topological polar surface area (TPSA) is 46.5 Å². The predicted molar refractivity (Wildman–Crippen MR) is 40.9 cm³/mol. The maximum absolute atomic E-state index is 10.5. The van der Waals surface area contributed by atoms with Gasteiger partial charge in [-0.1, -0.05) is 12.2 Å². The minimum absolute atomic E-state index is 0.257. The number of aliphatic hydroxyl groups is 1. The SMILES string of the molecule is CC(O)C(=O)OCCC=S. The number of hydrogen-bond donors (Lipinski definition) is 1. The van der Waals surface area contributed by atoms with Gasteiger partial charge in [-0.15, -0.1) is 0 Å². The Morgan fingerprint density at radius 1 is 1.90 bits per heavy atom. The van der Waals surface area contributed by atoms with Crippen molar-refractivity contribution in [2.24, 2.45) is 0 Å². The summed E-state index contributed by atoms with van der Waals surface area (Å²) in [6.07, 6.45) is -0.488. The standard InChI is InChI=1S/C6H10O3S/c1-5(7)6(8)9-3-2-4-10/h4-5,7H,2-3H2,1H3. The number of ether oxygens (including phenoxy) is 1. The third-order valence-corrected chi connectivity index (χ3v) is 1.06. The summed E-state index contributed by atoms with van der Waals surface area (Å²) in [7, 11) is 0. The zero-order valence-corrected chi connectivity index (χ0v) is 6.56. The smallest absolute Gasteiger partial charge is 0.334 e. The number of carbonyl (C=O) groups excluding carboxylic acids is 1. The Morgan fingerprint density at radius 2 is 2.50 bits per heavy atom. The molecule has 0 aromatic heterocycles. The second-order valence-corrected chi connectivity index (χ2v) is 2.13. The minimum Gasteiger partial charge on any atom is -0.463 e. The van der Waals surface area contributed by atoms with Crippen LogP contribution in [0.1, 0.15) is 13.3 Å². The summed E-state index contributed by atoms with van der Waals surface area (Å²) in [6.45, 7) is 1.62. The highest BCUT2D eigenvalue weighted by molar-refractivity contribution is 7.78. The van der Waals surface area contributed by atoms with Crippen LogP contribution in [0, 0.1) is 0 Å². The molecule has 0 saturated carbocycles. The Kier molecular flexibility index (Phi) is 5.06. The zero-order chi connectivity index (χ0) is 7.98. The van der Waals surface area contributed by atoms with Crippen LogP contribution in [0.5, 0.6) is 0 Å². The molecule has 4 heteroatoms. The van der Waals surface area contributed by atoms with Crippen LogP contribution in [0.2, 0.25) is 0 Å². The number of aliphatic hydroxyl groups excluding tert-OH is 1. The Bertz CT molecular complexity index is 122. The van der Waals surface area contributed by atoms with E-state index < -0.39 is 12.1 Å². The van der Waals surface area contributed by atoms with Gasteiger partial charge in [-0.25, -0.2) is 4.79 Å². The van der Waals surface area contributed by atoms with Crippen molar-refractivity contribution in [3.05, 3.63) is 0 Å². The Balaban J connectivity index is 3.30. The van der Waals surface area contributed by atoms with Crippen LogP contribution in [0.4, 0.5) is 0 Å². The second kappa shape index (κ2) is 5.32. The van der Waals surface area contributed by atoms with E-state index in [4.69, 9.17) is 5.11 Å². The summed E-state index contributed by atoms with van der Waals surface area (Å²) < 4.78 is 4.56. The molecule has 0 aliphatic carbocycles. The van der Waals surface area contributed by atoms with Crippen molar-refractivity contribution in [2.45, 2.75) is 19.4 Å². The van der Waals surface area contributed by atoms with Gasteiger partial charge in [0.05, 0.1) is 6.61 Å². The summed E-state index contributed by atoms with van der Waals surface area (Å²) >= 11 is 4.49. The molecular formula is C6H10O3S. The summed E-state index contributed by atoms with van der Waals surface area (Å²) in [5.41, 5.74) is 0. The van der Waals surface area contributed by atoms with Crippen molar-refractivity contribution in [2.75, 3.05) is 6.61 Å². The van der Waals surface area contributed by atoms with Crippen LogP contribution >= 0.6 is 12.2 Å². The van der Waals surface area contributed by atoms with Gasteiger partial charge < -0.3 is 9.84 Å². The number of thiocarbonyl (C=S) groups is 1. The lowest BCUT2D eigenvalue weighted by atomic mass is 10.4. The van der Waals surface area contributed by atoms with Crippen LogP contribution in [-0.2, 0) is 9.53 Å². The summed E-state index contributed by atoms with van der Waals surface area (Å²) in [5, 5.41) is 10.1. The summed E-state index contributed by atoms with van der Waals surface area (Å²) in [6, 6.07) is 0. The molecule has 0 bridgehead atoms. The Hall–Kier alpha value is -0.480. The number of rotatable bonds is 4. The fourth-order valence-corrected chi connectivity index (χ4v) is 0.424. The molecule has 0 fully saturated rings. The van der Waals surface area contributed by atoms with Gasteiger partial charge in [0.15, 0.2) is 0 Å².